The Morgan fingerprint density at radius 2 is 1.90 bits per heavy atom. The van der Waals surface area contributed by atoms with E-state index in [1.54, 1.807) is 24.3 Å². The molecule has 0 amide bonds. The Morgan fingerprint density at radius 3 is 2.61 bits per heavy atom. The molecule has 0 unspecified atom stereocenters. The maximum absolute atomic E-state index is 13.1. The Hall–Kier alpha value is -3.24. The molecule has 0 aliphatic carbocycles. The van der Waals surface area contributed by atoms with Gasteiger partial charge in [0.15, 0.2) is 23.0 Å². The van der Waals surface area contributed by atoms with Crippen LogP contribution in [0.4, 0.5) is 0 Å². The molecule has 0 fully saturated rings. The molecular weight excluding hydrogens is 426 g/mol. The lowest BCUT2D eigenvalue weighted by molar-refractivity contribution is -0.134. The molecule has 10 heteroatoms. The molecule has 0 radical (unpaired) electrons. The van der Waals surface area contributed by atoms with Crippen LogP contribution in [0.1, 0.15) is 11.1 Å². The first-order chi connectivity index (χ1) is 14.9. The molecule has 1 aliphatic rings. The van der Waals surface area contributed by atoms with Crippen molar-refractivity contribution in [2.75, 3.05) is 34.5 Å². The zero-order valence-electron chi connectivity index (χ0n) is 17.3. The van der Waals surface area contributed by atoms with Crippen molar-refractivity contribution >= 4 is 22.1 Å². The van der Waals surface area contributed by atoms with Crippen molar-refractivity contribution < 1.29 is 36.9 Å². The van der Waals surface area contributed by atoms with Gasteiger partial charge in [0.1, 0.15) is 18.1 Å². The number of rotatable bonds is 8. The first kappa shape index (κ1) is 22.4. The summed E-state index contributed by atoms with van der Waals surface area (Å²) in [5, 5.41) is 0. The number of sulfonamides is 1. The monoisotopic (exact) mass is 449 g/mol. The first-order valence-electron chi connectivity index (χ1n) is 9.28. The SMILES string of the molecule is COC(=O)/C=C/c1cc(OC)c(OC)c(S(=O)(=O)NCc2cccc3c2OCCO3)c1. The Morgan fingerprint density at radius 1 is 1.13 bits per heavy atom. The summed E-state index contributed by atoms with van der Waals surface area (Å²) in [5.41, 5.74) is 1.05. The molecule has 0 saturated heterocycles. The van der Waals surface area contributed by atoms with Crippen LogP contribution in [0.5, 0.6) is 23.0 Å². The summed E-state index contributed by atoms with van der Waals surface area (Å²) in [6.07, 6.45) is 2.60. The molecule has 0 atom stereocenters. The minimum atomic E-state index is -4.03. The zero-order valence-corrected chi connectivity index (χ0v) is 18.2. The van der Waals surface area contributed by atoms with Gasteiger partial charge in [-0.15, -0.1) is 0 Å². The summed E-state index contributed by atoms with van der Waals surface area (Å²) in [5.74, 6) is 0.741. The van der Waals surface area contributed by atoms with E-state index in [0.717, 1.165) is 0 Å². The number of esters is 1. The minimum Gasteiger partial charge on any atom is -0.493 e. The molecule has 1 N–H and O–H groups in total. The van der Waals surface area contributed by atoms with Crippen LogP contribution in [0.15, 0.2) is 41.3 Å². The van der Waals surface area contributed by atoms with Gasteiger partial charge < -0.3 is 23.7 Å². The lowest BCUT2D eigenvalue weighted by Crippen LogP contribution is -2.25. The fourth-order valence-corrected chi connectivity index (χ4v) is 4.22. The van der Waals surface area contributed by atoms with Gasteiger partial charge in [0.25, 0.3) is 0 Å². The molecule has 1 aliphatic heterocycles. The van der Waals surface area contributed by atoms with Crippen LogP contribution < -0.4 is 23.7 Å². The number of fused-ring (bicyclic) bond motifs is 1. The normalized spacial score (nSPS) is 13.1. The zero-order chi connectivity index (χ0) is 22.4. The van der Waals surface area contributed by atoms with Gasteiger partial charge in [-0.2, -0.15) is 0 Å². The fraction of sp³-hybridized carbons (Fsp3) is 0.286. The Kier molecular flexibility index (Phi) is 7.03. The molecule has 0 bridgehead atoms. The maximum Gasteiger partial charge on any atom is 0.330 e. The number of benzene rings is 2. The molecule has 1 heterocycles. The second-order valence-electron chi connectivity index (χ2n) is 6.38. The summed E-state index contributed by atoms with van der Waals surface area (Å²) in [6, 6.07) is 8.21. The molecule has 31 heavy (non-hydrogen) atoms. The molecular formula is C21H23NO8S. The van der Waals surface area contributed by atoms with Crippen LogP contribution in [0.3, 0.4) is 0 Å². The highest BCUT2D eigenvalue weighted by Gasteiger charge is 2.25. The van der Waals surface area contributed by atoms with Gasteiger partial charge >= 0.3 is 5.97 Å². The van der Waals surface area contributed by atoms with Gasteiger partial charge in [-0.3, -0.25) is 0 Å². The highest BCUT2D eigenvalue weighted by molar-refractivity contribution is 7.89. The topological polar surface area (TPSA) is 109 Å². The largest absolute Gasteiger partial charge is 0.493 e. The number of hydrogen-bond acceptors (Lipinski definition) is 8. The third-order valence-corrected chi connectivity index (χ3v) is 5.88. The third-order valence-electron chi connectivity index (χ3n) is 4.47. The number of para-hydroxylation sites is 1. The van der Waals surface area contributed by atoms with Crippen LogP contribution in [0, 0.1) is 0 Å². The van der Waals surface area contributed by atoms with Crippen molar-refractivity contribution in [2.45, 2.75) is 11.4 Å². The average molecular weight is 449 g/mol. The van der Waals surface area contributed by atoms with E-state index < -0.39 is 16.0 Å². The van der Waals surface area contributed by atoms with E-state index in [9.17, 15) is 13.2 Å². The molecule has 166 valence electrons. The molecule has 9 nitrogen and oxygen atoms in total. The van der Waals surface area contributed by atoms with Gasteiger partial charge in [0.05, 0.1) is 21.3 Å². The smallest absolute Gasteiger partial charge is 0.330 e. The number of carbonyl (C=O) groups excluding carboxylic acids is 1. The molecule has 3 rings (SSSR count). The van der Waals surface area contributed by atoms with Crippen molar-refractivity contribution in [3.05, 3.63) is 47.5 Å². The first-order valence-corrected chi connectivity index (χ1v) is 10.8. The molecule has 2 aromatic carbocycles. The van der Waals surface area contributed by atoms with Crippen LogP contribution in [0.2, 0.25) is 0 Å². The van der Waals surface area contributed by atoms with Gasteiger partial charge in [-0.05, 0) is 29.8 Å². The number of nitrogens with one attached hydrogen (secondary N) is 1. The number of methoxy groups -OCH3 is 3. The number of hydrogen-bond donors (Lipinski definition) is 1. The van der Waals surface area contributed by atoms with Crippen LogP contribution in [-0.2, 0) is 26.1 Å². The highest BCUT2D eigenvalue weighted by atomic mass is 32.2. The lowest BCUT2D eigenvalue weighted by atomic mass is 10.2. The standard InChI is InChI=1S/C21H23NO8S/c1-26-17-11-14(7-8-19(23)27-2)12-18(21(17)28-3)31(24,25)22-13-15-5-4-6-16-20(15)30-10-9-29-16/h4-8,11-12,22H,9-10,13H2,1-3H3/b8-7+. The quantitative estimate of drug-likeness (QED) is 0.482. The molecule has 0 saturated carbocycles. The van der Waals surface area contributed by atoms with Gasteiger partial charge in [-0.25, -0.2) is 17.9 Å². The van der Waals surface area contributed by atoms with E-state index >= 15 is 0 Å². The minimum absolute atomic E-state index is 0.0252. The summed E-state index contributed by atoms with van der Waals surface area (Å²) < 4.78 is 55.1. The Balaban J connectivity index is 1.94. The maximum atomic E-state index is 13.1. The van der Waals surface area contributed by atoms with Crippen molar-refractivity contribution in [2.24, 2.45) is 0 Å². The van der Waals surface area contributed by atoms with E-state index in [-0.39, 0.29) is 22.9 Å². The van der Waals surface area contributed by atoms with Gasteiger partial charge in [0, 0.05) is 18.2 Å². The second-order valence-corrected chi connectivity index (χ2v) is 8.11. The van der Waals surface area contributed by atoms with Crippen molar-refractivity contribution in [3.8, 4) is 23.0 Å². The second kappa shape index (κ2) is 9.71. The molecule has 2 aromatic rings. The van der Waals surface area contributed by atoms with E-state index in [2.05, 4.69) is 9.46 Å². The van der Waals surface area contributed by atoms with Crippen molar-refractivity contribution in [1.82, 2.24) is 4.72 Å². The number of ether oxygens (including phenoxy) is 5. The van der Waals surface area contributed by atoms with Gasteiger partial charge in [0.2, 0.25) is 10.0 Å². The van der Waals surface area contributed by atoms with E-state index in [0.29, 0.717) is 35.8 Å². The van der Waals surface area contributed by atoms with E-state index in [1.165, 1.54) is 39.5 Å². The summed E-state index contributed by atoms with van der Waals surface area (Å²) >= 11 is 0. The predicted molar refractivity (Wildman–Crippen MR) is 112 cm³/mol. The van der Waals surface area contributed by atoms with Crippen LogP contribution >= 0.6 is 0 Å². The van der Waals surface area contributed by atoms with Crippen LogP contribution in [0.25, 0.3) is 6.08 Å². The predicted octanol–water partition coefficient (Wildman–Crippen LogP) is 2.14. The Bertz CT molecular complexity index is 1090. The van der Waals surface area contributed by atoms with E-state index in [1.807, 2.05) is 0 Å². The van der Waals surface area contributed by atoms with Gasteiger partial charge in [-0.1, -0.05) is 12.1 Å². The lowest BCUT2D eigenvalue weighted by Gasteiger charge is -2.21. The molecule has 0 aromatic heterocycles. The van der Waals surface area contributed by atoms with Crippen molar-refractivity contribution in [3.63, 3.8) is 0 Å². The molecule has 0 spiro atoms. The summed E-state index contributed by atoms with van der Waals surface area (Å²) in [4.78, 5) is 11.3. The Labute approximate surface area is 180 Å². The van der Waals surface area contributed by atoms with Crippen molar-refractivity contribution in [1.29, 1.82) is 0 Å². The fourth-order valence-electron chi connectivity index (χ4n) is 3.00. The number of carbonyl (C=O) groups is 1. The summed E-state index contributed by atoms with van der Waals surface area (Å²) in [7, 11) is -0.0415. The average Bonchev–Trinajstić information content (AvgIpc) is 2.80. The third kappa shape index (κ3) is 5.09. The summed E-state index contributed by atoms with van der Waals surface area (Å²) in [6.45, 7) is 0.796. The van der Waals surface area contributed by atoms with E-state index in [4.69, 9.17) is 18.9 Å². The highest BCUT2D eigenvalue weighted by Crippen LogP contribution is 2.37. The van der Waals surface area contributed by atoms with Crippen LogP contribution in [-0.4, -0.2) is 48.9 Å².